The molecule has 0 saturated carbocycles. The van der Waals surface area contributed by atoms with Gasteiger partial charge in [-0.2, -0.15) is 11.8 Å². The molecule has 0 radical (unpaired) electrons. The lowest BCUT2D eigenvalue weighted by Crippen LogP contribution is -2.52. The highest BCUT2D eigenvalue weighted by atomic mass is 32.2. The Kier molecular flexibility index (Phi) is 5.17. The van der Waals surface area contributed by atoms with Crippen LogP contribution in [0.3, 0.4) is 0 Å². The van der Waals surface area contributed by atoms with Crippen LogP contribution in [0, 0.1) is 0 Å². The lowest BCUT2D eigenvalue weighted by atomic mass is 10.2. The number of ether oxygens (including phenoxy) is 1. The van der Waals surface area contributed by atoms with Crippen LogP contribution >= 0.6 is 11.8 Å². The summed E-state index contributed by atoms with van der Waals surface area (Å²) < 4.78 is 5.91. The van der Waals surface area contributed by atoms with Crippen molar-refractivity contribution < 1.29 is 9.53 Å². The molecule has 120 valence electrons. The van der Waals surface area contributed by atoms with Crippen molar-refractivity contribution in [3.63, 3.8) is 0 Å². The first kappa shape index (κ1) is 15.6. The van der Waals surface area contributed by atoms with Gasteiger partial charge in [-0.3, -0.25) is 10.2 Å². The molecule has 3 rings (SSSR count). The molecule has 22 heavy (non-hydrogen) atoms. The zero-order valence-electron chi connectivity index (χ0n) is 12.8. The minimum absolute atomic E-state index is 0.140. The monoisotopic (exact) mass is 322 g/mol. The van der Waals surface area contributed by atoms with E-state index in [1.54, 1.807) is 18.3 Å². The van der Waals surface area contributed by atoms with Crippen LogP contribution in [0.5, 0.6) is 5.88 Å². The lowest BCUT2D eigenvalue weighted by molar-refractivity contribution is 0.0656. The number of nitrogens with zero attached hydrogens (tertiary/aromatic N) is 3. The number of hydrogen-bond acceptors (Lipinski definition) is 6. The number of thioether (sulfide) groups is 1. The Morgan fingerprint density at radius 1 is 1.41 bits per heavy atom. The minimum atomic E-state index is -0.140. The van der Waals surface area contributed by atoms with Gasteiger partial charge in [0.2, 0.25) is 5.88 Å². The number of amides is 1. The smallest absolute Gasteiger partial charge is 0.271 e. The molecule has 1 aromatic rings. The van der Waals surface area contributed by atoms with Crippen molar-refractivity contribution in [1.82, 2.24) is 20.3 Å². The Hall–Kier alpha value is -1.31. The zero-order valence-corrected chi connectivity index (χ0v) is 13.6. The van der Waals surface area contributed by atoms with Crippen LogP contribution in [-0.2, 0) is 0 Å². The van der Waals surface area contributed by atoms with E-state index in [0.29, 0.717) is 11.4 Å². The average molecular weight is 322 g/mol. The maximum atomic E-state index is 12.5. The highest BCUT2D eigenvalue weighted by molar-refractivity contribution is 7.99. The molecule has 2 aliphatic rings. The van der Waals surface area contributed by atoms with Crippen LogP contribution in [0.25, 0.3) is 0 Å². The third-order valence-corrected chi connectivity index (χ3v) is 5.08. The molecule has 2 aliphatic heterocycles. The molecule has 0 aliphatic carbocycles. The van der Waals surface area contributed by atoms with E-state index in [1.807, 2.05) is 16.8 Å². The molecule has 6 nitrogen and oxygen atoms in total. The van der Waals surface area contributed by atoms with E-state index in [0.717, 1.165) is 44.1 Å². The fourth-order valence-corrected chi connectivity index (χ4v) is 3.64. The molecule has 0 bridgehead atoms. The van der Waals surface area contributed by atoms with Gasteiger partial charge in [0.05, 0.1) is 0 Å². The van der Waals surface area contributed by atoms with E-state index < -0.39 is 0 Å². The van der Waals surface area contributed by atoms with Crippen molar-refractivity contribution in [3.05, 3.63) is 23.9 Å². The molecule has 3 heterocycles. The Morgan fingerprint density at radius 2 is 2.23 bits per heavy atom. The van der Waals surface area contributed by atoms with Crippen molar-refractivity contribution in [2.24, 2.45) is 0 Å². The zero-order chi connectivity index (χ0) is 15.4. The summed E-state index contributed by atoms with van der Waals surface area (Å²) in [5.74, 6) is 2.39. The number of carbonyl (C=O) groups excluding carboxylic acids is 1. The Balaban J connectivity index is 1.64. The number of nitrogens with one attached hydrogen (secondary N) is 1. The van der Waals surface area contributed by atoms with Gasteiger partial charge in [0.15, 0.2) is 0 Å². The predicted octanol–water partition coefficient (Wildman–Crippen LogP) is 0.858. The fourth-order valence-electron chi connectivity index (χ4n) is 2.54. The number of hydrazine groups is 1. The quantitative estimate of drug-likeness (QED) is 0.887. The van der Waals surface area contributed by atoms with E-state index in [9.17, 15) is 4.79 Å². The molecule has 1 N–H and O–H groups in total. The normalized spacial score (nSPS) is 23.4. The van der Waals surface area contributed by atoms with Crippen LogP contribution in [0.4, 0.5) is 0 Å². The SMILES string of the molecule is CN1CCN(NC(=O)c2cccnc2OC2CCSC2)CC1. The number of likely N-dealkylation sites (N-methyl/N-ethyl adjacent to an activating group) is 1. The summed E-state index contributed by atoms with van der Waals surface area (Å²) in [6.45, 7) is 3.57. The number of hydrogen-bond donors (Lipinski definition) is 1. The van der Waals surface area contributed by atoms with E-state index in [-0.39, 0.29) is 12.0 Å². The second-order valence-electron chi connectivity index (χ2n) is 5.69. The molecule has 1 atom stereocenters. The van der Waals surface area contributed by atoms with Gasteiger partial charge in [0.1, 0.15) is 11.7 Å². The molecule has 1 amide bonds. The molecule has 2 saturated heterocycles. The summed E-state index contributed by atoms with van der Waals surface area (Å²) in [5, 5.41) is 1.96. The highest BCUT2D eigenvalue weighted by Crippen LogP contribution is 2.24. The van der Waals surface area contributed by atoms with Crippen molar-refractivity contribution >= 4 is 17.7 Å². The summed E-state index contributed by atoms with van der Waals surface area (Å²) in [5.41, 5.74) is 3.48. The number of aromatic nitrogens is 1. The van der Waals surface area contributed by atoms with Crippen LogP contribution < -0.4 is 10.2 Å². The van der Waals surface area contributed by atoms with Crippen LogP contribution in [-0.4, -0.2) is 71.6 Å². The maximum absolute atomic E-state index is 12.5. The fraction of sp³-hybridized carbons (Fsp3) is 0.600. The number of piperazine rings is 1. The first-order valence-electron chi connectivity index (χ1n) is 7.66. The Morgan fingerprint density at radius 3 is 2.95 bits per heavy atom. The Labute approximate surface area is 135 Å². The third-order valence-electron chi connectivity index (χ3n) is 3.94. The topological polar surface area (TPSA) is 57.7 Å². The second kappa shape index (κ2) is 7.30. The van der Waals surface area contributed by atoms with E-state index >= 15 is 0 Å². The first-order valence-corrected chi connectivity index (χ1v) is 8.82. The predicted molar refractivity (Wildman–Crippen MR) is 87.1 cm³/mol. The van der Waals surface area contributed by atoms with Gasteiger partial charge in [-0.1, -0.05) is 0 Å². The number of rotatable bonds is 4. The van der Waals surface area contributed by atoms with Crippen molar-refractivity contribution in [2.75, 3.05) is 44.7 Å². The van der Waals surface area contributed by atoms with E-state index in [1.165, 1.54) is 0 Å². The van der Waals surface area contributed by atoms with Gasteiger partial charge in [-0.05, 0) is 31.4 Å². The lowest BCUT2D eigenvalue weighted by Gasteiger charge is -2.32. The van der Waals surface area contributed by atoms with E-state index in [4.69, 9.17) is 4.74 Å². The summed E-state index contributed by atoms with van der Waals surface area (Å²) in [6.07, 6.45) is 2.85. The van der Waals surface area contributed by atoms with Gasteiger partial charge in [0.25, 0.3) is 5.91 Å². The number of carbonyl (C=O) groups is 1. The molecule has 1 aromatic heterocycles. The maximum Gasteiger partial charge on any atom is 0.271 e. The Bertz CT molecular complexity index is 514. The second-order valence-corrected chi connectivity index (χ2v) is 6.84. The summed E-state index contributed by atoms with van der Waals surface area (Å²) >= 11 is 1.88. The molecule has 0 spiro atoms. The van der Waals surface area contributed by atoms with Crippen molar-refractivity contribution in [2.45, 2.75) is 12.5 Å². The standard InChI is InChI=1S/C15H22N4O2S/c1-18-6-8-19(9-7-18)17-14(20)13-3-2-5-16-15(13)21-12-4-10-22-11-12/h2-3,5,12H,4,6-11H2,1H3,(H,17,20). The molecular formula is C15H22N4O2S. The van der Waals surface area contributed by atoms with Crippen molar-refractivity contribution in [3.8, 4) is 5.88 Å². The molecule has 2 fully saturated rings. The van der Waals surface area contributed by atoms with Crippen LogP contribution in [0.15, 0.2) is 18.3 Å². The summed E-state index contributed by atoms with van der Waals surface area (Å²) in [4.78, 5) is 19.0. The van der Waals surface area contributed by atoms with E-state index in [2.05, 4.69) is 22.4 Å². The molecule has 0 aromatic carbocycles. The number of pyridine rings is 1. The first-order chi connectivity index (χ1) is 10.7. The molecule has 7 heteroatoms. The third kappa shape index (κ3) is 3.91. The largest absolute Gasteiger partial charge is 0.473 e. The van der Waals surface area contributed by atoms with Gasteiger partial charge >= 0.3 is 0 Å². The van der Waals surface area contributed by atoms with Gasteiger partial charge in [-0.15, -0.1) is 0 Å². The van der Waals surface area contributed by atoms with Crippen LogP contribution in [0.1, 0.15) is 16.8 Å². The van der Waals surface area contributed by atoms with Gasteiger partial charge in [-0.25, -0.2) is 9.99 Å². The summed E-state index contributed by atoms with van der Waals surface area (Å²) in [6, 6.07) is 3.55. The summed E-state index contributed by atoms with van der Waals surface area (Å²) in [7, 11) is 2.09. The minimum Gasteiger partial charge on any atom is -0.473 e. The highest BCUT2D eigenvalue weighted by Gasteiger charge is 2.23. The van der Waals surface area contributed by atoms with Gasteiger partial charge in [0, 0.05) is 38.1 Å². The average Bonchev–Trinajstić information content (AvgIpc) is 3.03. The molecule has 1 unspecified atom stereocenters. The van der Waals surface area contributed by atoms with Gasteiger partial charge < -0.3 is 9.64 Å². The van der Waals surface area contributed by atoms with Crippen LogP contribution in [0.2, 0.25) is 0 Å². The van der Waals surface area contributed by atoms with Crippen molar-refractivity contribution in [1.29, 1.82) is 0 Å². The molecular weight excluding hydrogens is 300 g/mol.